The summed E-state index contributed by atoms with van der Waals surface area (Å²) >= 11 is 0. The molecule has 0 aliphatic heterocycles. The van der Waals surface area contributed by atoms with Crippen molar-refractivity contribution in [3.63, 3.8) is 0 Å². The number of phosphoric ester groups is 1. The van der Waals surface area contributed by atoms with Crippen LogP contribution < -0.4 is 5.73 Å². The number of nitrogens with two attached hydrogens (primary N) is 1. The van der Waals surface area contributed by atoms with Gasteiger partial charge in [-0.25, -0.2) is 4.57 Å². The lowest BCUT2D eigenvalue weighted by Crippen LogP contribution is -2.34. The molecule has 0 aromatic rings. The number of carboxylic acids is 1. The van der Waals surface area contributed by atoms with Gasteiger partial charge in [-0.2, -0.15) is 0 Å². The summed E-state index contributed by atoms with van der Waals surface area (Å²) in [6, 6.07) is -1.51. The summed E-state index contributed by atoms with van der Waals surface area (Å²) in [7, 11) is -4.68. The van der Waals surface area contributed by atoms with E-state index >= 15 is 0 Å². The van der Waals surface area contributed by atoms with Crippen molar-refractivity contribution in [3.05, 3.63) is 12.2 Å². The summed E-state index contributed by atoms with van der Waals surface area (Å²) in [6.07, 6.45) is 14.4. The van der Waals surface area contributed by atoms with Gasteiger partial charge in [0.1, 0.15) is 12.6 Å². The quantitative estimate of drug-likeness (QED) is 0.0659. The van der Waals surface area contributed by atoms with Gasteiger partial charge in [0.25, 0.3) is 0 Å². The molecule has 3 unspecified atom stereocenters. The van der Waals surface area contributed by atoms with Gasteiger partial charge in [-0.1, -0.05) is 64.5 Å². The molecule has 3 atom stereocenters. The maximum atomic E-state index is 12.3. The highest BCUT2D eigenvalue weighted by atomic mass is 31.2. The van der Waals surface area contributed by atoms with E-state index in [1.54, 1.807) is 0 Å². The molecular weight excluding hydrogens is 505 g/mol. The maximum absolute atomic E-state index is 12.3. The van der Waals surface area contributed by atoms with E-state index in [9.17, 15) is 23.8 Å². The Morgan fingerprint density at radius 3 is 2.03 bits per heavy atom. The lowest BCUT2D eigenvalue weighted by molar-refractivity contribution is -0.161. The number of rotatable bonds is 24. The van der Waals surface area contributed by atoms with Crippen LogP contribution in [-0.2, 0) is 37.5 Å². The van der Waals surface area contributed by atoms with Crippen molar-refractivity contribution < 1.29 is 47.5 Å². The third-order valence-corrected chi connectivity index (χ3v) is 6.21. The molecule has 0 aliphatic rings. The average Bonchev–Trinajstić information content (AvgIpc) is 2.86. The number of unbranched alkanes of at least 4 members (excludes halogenated alkanes) is 8. The van der Waals surface area contributed by atoms with Gasteiger partial charge in [-0.3, -0.25) is 23.4 Å². The molecule has 0 spiro atoms. The SMILES string of the molecule is CCCC/C=C\CCCCCCCC(=O)OC(COC(=O)CCCC)COP(=O)(O)OCC(N)C(=O)O. The minimum atomic E-state index is -4.68. The van der Waals surface area contributed by atoms with Gasteiger partial charge in [-0.15, -0.1) is 0 Å². The molecule has 0 fully saturated rings. The van der Waals surface area contributed by atoms with Crippen LogP contribution in [0.3, 0.4) is 0 Å². The monoisotopic (exact) mass is 551 g/mol. The van der Waals surface area contributed by atoms with Gasteiger partial charge in [0, 0.05) is 12.8 Å². The molecule has 0 rings (SSSR count). The lowest BCUT2D eigenvalue weighted by atomic mass is 10.1. The van der Waals surface area contributed by atoms with Crippen molar-refractivity contribution in [2.45, 2.75) is 109 Å². The topological polar surface area (TPSA) is 172 Å². The number of hydrogen-bond acceptors (Lipinski definition) is 9. The molecule has 0 aromatic carbocycles. The van der Waals surface area contributed by atoms with Crippen LogP contribution in [0, 0.1) is 0 Å². The van der Waals surface area contributed by atoms with Crippen LogP contribution in [0.4, 0.5) is 0 Å². The number of esters is 2. The molecule has 37 heavy (non-hydrogen) atoms. The summed E-state index contributed by atoms with van der Waals surface area (Å²) in [5.41, 5.74) is 5.24. The van der Waals surface area contributed by atoms with Gasteiger partial charge in [0.2, 0.25) is 0 Å². The molecule has 0 aromatic heterocycles. The van der Waals surface area contributed by atoms with Crippen molar-refractivity contribution in [1.29, 1.82) is 0 Å². The van der Waals surface area contributed by atoms with Crippen LogP contribution in [0.2, 0.25) is 0 Å². The zero-order chi connectivity index (χ0) is 27.9. The van der Waals surface area contributed by atoms with Gasteiger partial charge in [-0.05, 0) is 32.1 Å². The summed E-state index contributed by atoms with van der Waals surface area (Å²) in [4.78, 5) is 44.6. The van der Waals surface area contributed by atoms with E-state index in [0.717, 1.165) is 44.9 Å². The Hall–Kier alpha value is -1.78. The first-order chi connectivity index (χ1) is 17.6. The number of carbonyl (C=O) groups excluding carboxylic acids is 2. The molecule has 216 valence electrons. The molecule has 0 saturated carbocycles. The van der Waals surface area contributed by atoms with E-state index < -0.39 is 51.1 Å². The Kier molecular flexibility index (Phi) is 21.2. The third-order valence-electron chi connectivity index (χ3n) is 5.26. The van der Waals surface area contributed by atoms with Crippen LogP contribution in [0.5, 0.6) is 0 Å². The summed E-state index contributed by atoms with van der Waals surface area (Å²) < 4.78 is 31.8. The number of allylic oxidation sites excluding steroid dienone is 2. The molecule has 0 amide bonds. The highest BCUT2D eigenvalue weighted by Gasteiger charge is 2.28. The molecule has 0 saturated heterocycles. The van der Waals surface area contributed by atoms with E-state index in [-0.39, 0.29) is 19.4 Å². The molecule has 0 aliphatic carbocycles. The normalized spacial score (nSPS) is 14.7. The number of hydrogen-bond donors (Lipinski definition) is 3. The first-order valence-electron chi connectivity index (χ1n) is 13.2. The van der Waals surface area contributed by atoms with Crippen molar-refractivity contribution in [2.75, 3.05) is 19.8 Å². The second kappa shape index (κ2) is 22.2. The third kappa shape index (κ3) is 22.0. The van der Waals surface area contributed by atoms with E-state index in [2.05, 4.69) is 23.6 Å². The molecule has 0 heterocycles. The molecular formula is C25H46NO10P. The number of aliphatic carboxylic acids is 1. The smallest absolute Gasteiger partial charge is 0.472 e. The Balaban J connectivity index is 4.47. The molecule has 12 heteroatoms. The molecule has 0 radical (unpaired) electrons. The van der Waals surface area contributed by atoms with Crippen molar-refractivity contribution in [3.8, 4) is 0 Å². The van der Waals surface area contributed by atoms with Crippen LogP contribution >= 0.6 is 7.82 Å². The second-order valence-corrected chi connectivity index (χ2v) is 10.3. The molecule has 11 nitrogen and oxygen atoms in total. The highest BCUT2D eigenvalue weighted by molar-refractivity contribution is 7.47. The minimum Gasteiger partial charge on any atom is -0.480 e. The fourth-order valence-corrected chi connectivity index (χ4v) is 3.80. The number of phosphoric acid groups is 1. The summed E-state index contributed by atoms with van der Waals surface area (Å²) in [6.45, 7) is 2.40. The van der Waals surface area contributed by atoms with Crippen molar-refractivity contribution >= 4 is 25.7 Å². The predicted molar refractivity (Wildman–Crippen MR) is 139 cm³/mol. The van der Waals surface area contributed by atoms with E-state index in [1.165, 1.54) is 12.8 Å². The van der Waals surface area contributed by atoms with Crippen molar-refractivity contribution in [1.82, 2.24) is 0 Å². The van der Waals surface area contributed by atoms with E-state index in [4.69, 9.17) is 24.8 Å². The Morgan fingerprint density at radius 1 is 0.811 bits per heavy atom. The molecule has 0 bridgehead atoms. The van der Waals surface area contributed by atoms with Crippen LogP contribution in [0.1, 0.15) is 97.3 Å². The number of carbonyl (C=O) groups is 3. The van der Waals surface area contributed by atoms with Crippen LogP contribution in [-0.4, -0.2) is 59.9 Å². The van der Waals surface area contributed by atoms with Crippen LogP contribution in [0.15, 0.2) is 12.2 Å². The number of ether oxygens (including phenoxy) is 2. The van der Waals surface area contributed by atoms with Crippen LogP contribution in [0.25, 0.3) is 0 Å². The zero-order valence-electron chi connectivity index (χ0n) is 22.3. The highest BCUT2D eigenvalue weighted by Crippen LogP contribution is 2.43. The van der Waals surface area contributed by atoms with Crippen molar-refractivity contribution in [2.24, 2.45) is 5.73 Å². The van der Waals surface area contributed by atoms with E-state index in [0.29, 0.717) is 12.8 Å². The predicted octanol–water partition coefficient (Wildman–Crippen LogP) is 4.65. The van der Waals surface area contributed by atoms with Gasteiger partial charge >= 0.3 is 25.7 Å². The average molecular weight is 552 g/mol. The van der Waals surface area contributed by atoms with E-state index in [1.807, 2.05) is 6.92 Å². The Bertz CT molecular complexity index is 716. The number of carboxylic acid groups (broad SMARTS) is 1. The zero-order valence-corrected chi connectivity index (χ0v) is 23.2. The summed E-state index contributed by atoms with van der Waals surface area (Å²) in [5.74, 6) is -2.44. The fraction of sp³-hybridized carbons (Fsp3) is 0.800. The molecule has 4 N–H and O–H groups in total. The standard InChI is InChI=1S/C25H46NO10P/c1-3-5-7-8-9-10-11-12-13-14-15-17-24(28)36-21(18-33-23(27)16-6-4-2)19-34-37(31,32)35-20-22(26)25(29)30/h8-9,21-22H,3-7,10-20,26H2,1-2H3,(H,29,30)(H,31,32)/b9-8-. The lowest BCUT2D eigenvalue weighted by Gasteiger charge is -2.20. The Morgan fingerprint density at radius 2 is 1.38 bits per heavy atom. The van der Waals surface area contributed by atoms with Gasteiger partial charge in [0.05, 0.1) is 13.2 Å². The Labute approximate surface area is 220 Å². The first-order valence-corrected chi connectivity index (χ1v) is 14.7. The van der Waals surface area contributed by atoms with Gasteiger partial charge < -0.3 is 25.2 Å². The first kappa shape index (κ1) is 35.2. The minimum absolute atomic E-state index is 0.151. The summed E-state index contributed by atoms with van der Waals surface area (Å²) in [5, 5.41) is 8.73. The fourth-order valence-electron chi connectivity index (χ4n) is 3.02. The largest absolute Gasteiger partial charge is 0.480 e. The second-order valence-electron chi connectivity index (χ2n) is 8.82. The maximum Gasteiger partial charge on any atom is 0.472 e. The van der Waals surface area contributed by atoms with Gasteiger partial charge in [0.15, 0.2) is 6.10 Å².